The van der Waals surface area contributed by atoms with Gasteiger partial charge in [-0.1, -0.05) is 6.92 Å². The molecule has 11 heteroatoms. The third-order valence-electron chi connectivity index (χ3n) is 2.43. The summed E-state index contributed by atoms with van der Waals surface area (Å²) in [5.41, 5.74) is -3.71. The molecule has 0 aliphatic heterocycles. The normalized spacial score (nSPS) is 12.8. The summed E-state index contributed by atoms with van der Waals surface area (Å²) in [7, 11) is -3.89. The molecule has 0 saturated carbocycles. The molecule has 122 valence electrons. The summed E-state index contributed by atoms with van der Waals surface area (Å²) in [6.07, 6.45) is 0. The topological polar surface area (TPSA) is 86.9 Å². The highest BCUT2D eigenvalue weighted by Gasteiger charge is 2.28. The van der Waals surface area contributed by atoms with E-state index in [0.717, 1.165) is 0 Å². The van der Waals surface area contributed by atoms with E-state index >= 15 is 0 Å². The number of sulfonamides is 1. The van der Waals surface area contributed by atoms with Crippen molar-refractivity contribution in [2.24, 2.45) is 0 Å². The number of rotatable bonds is 8. The average molecular weight is 346 g/mol. The van der Waals surface area contributed by atoms with Crippen LogP contribution in [0.15, 0.2) is 4.90 Å². The Morgan fingerprint density at radius 2 is 2.05 bits per heavy atom. The molecule has 0 aliphatic carbocycles. The van der Waals surface area contributed by atoms with Gasteiger partial charge < -0.3 is 5.32 Å². The average Bonchev–Trinajstić information content (AvgIpc) is 2.73. The predicted octanol–water partition coefficient (Wildman–Crippen LogP) is 1.36. The molecule has 3 N–H and O–H groups in total. The minimum absolute atomic E-state index is 0.0135. The van der Waals surface area contributed by atoms with Gasteiger partial charge in [0.05, 0.1) is 11.4 Å². The van der Waals surface area contributed by atoms with E-state index in [2.05, 4.69) is 20.2 Å². The number of nitrogens with one attached hydrogen (secondary N) is 3. The summed E-state index contributed by atoms with van der Waals surface area (Å²) < 4.78 is 62.4. The van der Waals surface area contributed by atoms with Crippen LogP contribution in [-0.2, 0) is 16.6 Å². The molecule has 0 aromatic carbocycles. The molecule has 0 radical (unpaired) electrons. The Balaban J connectivity index is 2.72. The number of hydrogen-bond acceptors (Lipinski definition) is 5. The van der Waals surface area contributed by atoms with Crippen molar-refractivity contribution in [1.29, 1.82) is 0 Å². The summed E-state index contributed by atoms with van der Waals surface area (Å²) in [6, 6.07) is 0. The van der Waals surface area contributed by atoms with Crippen molar-refractivity contribution in [3.8, 4) is 0 Å². The lowest BCUT2D eigenvalue weighted by Gasteiger charge is -2.09. The fraction of sp³-hybridized carbons (Fsp3) is 0.700. The molecule has 1 aromatic heterocycles. The van der Waals surface area contributed by atoms with E-state index in [1.807, 2.05) is 6.92 Å². The van der Waals surface area contributed by atoms with Crippen LogP contribution in [0.1, 0.15) is 18.3 Å². The maximum atomic E-state index is 12.1. The molecule has 0 atom stereocenters. The van der Waals surface area contributed by atoms with Crippen LogP contribution in [0.5, 0.6) is 0 Å². The van der Waals surface area contributed by atoms with Gasteiger partial charge in [0.25, 0.3) is 0 Å². The third-order valence-corrected chi connectivity index (χ3v) is 4.83. The molecular formula is C10H17F3N4O2S2. The number of aromatic amines is 1. The number of thioether (sulfide) groups is 1. The van der Waals surface area contributed by atoms with E-state index < -0.39 is 15.5 Å². The Kier molecular flexibility index (Phi) is 6.50. The van der Waals surface area contributed by atoms with Crippen LogP contribution in [0, 0.1) is 6.92 Å². The molecule has 1 rings (SSSR count). The van der Waals surface area contributed by atoms with Crippen molar-refractivity contribution in [2.45, 2.75) is 30.8 Å². The summed E-state index contributed by atoms with van der Waals surface area (Å²) in [6.45, 7) is 4.00. The van der Waals surface area contributed by atoms with E-state index in [1.54, 1.807) is 6.92 Å². The minimum Gasteiger partial charge on any atom is -0.311 e. The molecule has 1 aromatic rings. The van der Waals surface area contributed by atoms with Gasteiger partial charge in [-0.05, 0) is 25.2 Å². The van der Waals surface area contributed by atoms with Crippen molar-refractivity contribution >= 4 is 21.8 Å². The van der Waals surface area contributed by atoms with E-state index in [9.17, 15) is 21.6 Å². The fourth-order valence-corrected chi connectivity index (χ4v) is 3.56. The molecule has 0 amide bonds. The molecule has 0 unspecified atom stereocenters. The first-order chi connectivity index (χ1) is 9.67. The monoisotopic (exact) mass is 346 g/mol. The van der Waals surface area contributed by atoms with E-state index in [0.29, 0.717) is 17.9 Å². The standard InChI is InChI=1S/C10H17F3N4O2S2/c1-3-14-6-8-9(7(2)16-17-8)21(18,19)15-4-5-20-10(11,12)13/h14-15H,3-6H2,1-2H3,(H,16,17). The zero-order valence-electron chi connectivity index (χ0n) is 11.5. The van der Waals surface area contributed by atoms with E-state index in [4.69, 9.17) is 0 Å². The second kappa shape index (κ2) is 7.47. The van der Waals surface area contributed by atoms with Gasteiger partial charge in [-0.3, -0.25) is 5.10 Å². The largest absolute Gasteiger partial charge is 0.441 e. The number of aryl methyl sites for hydroxylation is 1. The predicted molar refractivity (Wildman–Crippen MR) is 74.4 cm³/mol. The van der Waals surface area contributed by atoms with Gasteiger partial charge in [0.1, 0.15) is 4.90 Å². The van der Waals surface area contributed by atoms with Crippen LogP contribution in [0.3, 0.4) is 0 Å². The van der Waals surface area contributed by atoms with Crippen LogP contribution in [0.2, 0.25) is 0 Å². The van der Waals surface area contributed by atoms with Crippen molar-refractivity contribution in [2.75, 3.05) is 18.8 Å². The molecule has 21 heavy (non-hydrogen) atoms. The Morgan fingerprint density at radius 1 is 1.38 bits per heavy atom. The van der Waals surface area contributed by atoms with Crippen LogP contribution in [0.4, 0.5) is 13.2 Å². The van der Waals surface area contributed by atoms with Crippen LogP contribution >= 0.6 is 11.8 Å². The van der Waals surface area contributed by atoms with Gasteiger partial charge in [0.2, 0.25) is 10.0 Å². The Morgan fingerprint density at radius 3 is 2.62 bits per heavy atom. The smallest absolute Gasteiger partial charge is 0.311 e. The Hall–Kier alpha value is -0.780. The van der Waals surface area contributed by atoms with Crippen LogP contribution < -0.4 is 10.0 Å². The summed E-state index contributed by atoms with van der Waals surface area (Å²) in [5, 5.41) is 9.42. The molecular weight excluding hydrogens is 329 g/mol. The van der Waals surface area contributed by atoms with Gasteiger partial charge in [-0.2, -0.15) is 18.3 Å². The Labute approximate surface area is 125 Å². The molecule has 0 bridgehead atoms. The molecule has 0 fully saturated rings. The summed E-state index contributed by atoms with van der Waals surface area (Å²) in [4.78, 5) is -0.0135. The van der Waals surface area contributed by atoms with Gasteiger partial charge in [-0.25, -0.2) is 13.1 Å². The first-order valence-electron chi connectivity index (χ1n) is 6.12. The van der Waals surface area contributed by atoms with Crippen molar-refractivity contribution in [3.05, 3.63) is 11.4 Å². The maximum absolute atomic E-state index is 12.1. The highest BCUT2D eigenvalue weighted by atomic mass is 32.2. The molecule has 1 heterocycles. The highest BCUT2D eigenvalue weighted by Crippen LogP contribution is 2.29. The number of hydrogen-bond donors (Lipinski definition) is 3. The molecule has 0 aliphatic rings. The molecule has 6 nitrogen and oxygen atoms in total. The SMILES string of the molecule is CCNCc1n[nH]c(C)c1S(=O)(=O)NCCSC(F)(F)F. The van der Waals surface area contributed by atoms with Crippen LogP contribution in [-0.4, -0.2) is 43.0 Å². The van der Waals surface area contributed by atoms with Crippen molar-refractivity contribution < 1.29 is 21.6 Å². The third kappa shape index (κ3) is 5.85. The van der Waals surface area contributed by atoms with Gasteiger partial charge in [-0.15, -0.1) is 0 Å². The lowest BCUT2D eigenvalue weighted by molar-refractivity contribution is -0.0327. The fourth-order valence-electron chi connectivity index (χ4n) is 1.60. The summed E-state index contributed by atoms with van der Waals surface area (Å²) in [5.74, 6) is -0.387. The highest BCUT2D eigenvalue weighted by molar-refractivity contribution is 8.00. The van der Waals surface area contributed by atoms with Crippen molar-refractivity contribution in [3.63, 3.8) is 0 Å². The number of nitrogens with zero attached hydrogens (tertiary/aromatic N) is 1. The second-order valence-corrected chi connectivity index (χ2v) is 6.96. The number of H-pyrrole nitrogens is 1. The quantitative estimate of drug-likeness (QED) is 0.619. The zero-order valence-corrected chi connectivity index (χ0v) is 13.2. The maximum Gasteiger partial charge on any atom is 0.441 e. The first-order valence-corrected chi connectivity index (χ1v) is 8.59. The number of halogens is 3. The van der Waals surface area contributed by atoms with E-state index in [1.165, 1.54) is 0 Å². The molecule has 0 saturated heterocycles. The molecule has 0 spiro atoms. The van der Waals surface area contributed by atoms with Gasteiger partial charge in [0, 0.05) is 18.8 Å². The second-order valence-electron chi connectivity index (χ2n) is 4.10. The Bertz CT molecular complexity index is 557. The first kappa shape index (κ1) is 18.3. The van der Waals surface area contributed by atoms with Crippen molar-refractivity contribution in [1.82, 2.24) is 20.2 Å². The van der Waals surface area contributed by atoms with Crippen LogP contribution in [0.25, 0.3) is 0 Å². The lowest BCUT2D eigenvalue weighted by Crippen LogP contribution is -2.28. The lowest BCUT2D eigenvalue weighted by atomic mass is 10.3. The minimum atomic E-state index is -4.37. The summed E-state index contributed by atoms with van der Waals surface area (Å²) >= 11 is -0.269. The number of alkyl halides is 3. The van der Waals surface area contributed by atoms with E-state index in [-0.39, 0.29) is 35.5 Å². The van der Waals surface area contributed by atoms with Gasteiger partial charge in [0.15, 0.2) is 0 Å². The zero-order chi connectivity index (χ0) is 16.1. The van der Waals surface area contributed by atoms with Gasteiger partial charge >= 0.3 is 5.51 Å². The number of aromatic nitrogens is 2.